The molecule has 1 aliphatic rings. The molecule has 1 fully saturated rings. The molecule has 1 heterocycles. The summed E-state index contributed by atoms with van der Waals surface area (Å²) in [5.74, 6) is 0.394. The highest BCUT2D eigenvalue weighted by Gasteiger charge is 2.49. The van der Waals surface area contributed by atoms with Gasteiger partial charge in [0.05, 0.1) is 20.4 Å². The smallest absolute Gasteiger partial charge is 0.346 e. The van der Waals surface area contributed by atoms with E-state index < -0.39 is 17.5 Å². The maximum absolute atomic E-state index is 12.8. The number of phenols is 1. The number of carbonyl (C=O) groups is 2. The Balaban J connectivity index is 1.85. The van der Waals surface area contributed by atoms with E-state index in [1.54, 1.807) is 50.4 Å². The van der Waals surface area contributed by atoms with Crippen LogP contribution in [0.3, 0.4) is 0 Å². The average Bonchev–Trinajstić information content (AvgIpc) is 2.90. The van der Waals surface area contributed by atoms with Crippen LogP contribution in [0.25, 0.3) is 0 Å². The first kappa shape index (κ1) is 18.2. The van der Waals surface area contributed by atoms with Crippen LogP contribution in [0.1, 0.15) is 18.1 Å². The van der Waals surface area contributed by atoms with Crippen LogP contribution in [0.2, 0.25) is 0 Å². The van der Waals surface area contributed by atoms with Crippen molar-refractivity contribution < 1.29 is 24.2 Å². The second kappa shape index (κ2) is 6.99. The quantitative estimate of drug-likeness (QED) is 0.622. The number of imide groups is 1. The topological polar surface area (TPSA) is 100 Å². The van der Waals surface area contributed by atoms with E-state index in [2.05, 4.69) is 10.4 Å². The lowest BCUT2D eigenvalue weighted by Crippen LogP contribution is -2.40. The van der Waals surface area contributed by atoms with Crippen LogP contribution in [-0.4, -0.2) is 42.5 Å². The van der Waals surface area contributed by atoms with Crippen molar-refractivity contribution in [3.8, 4) is 17.2 Å². The summed E-state index contributed by atoms with van der Waals surface area (Å²) in [5.41, 5.74) is -0.0539. The van der Waals surface area contributed by atoms with E-state index in [1.807, 2.05) is 0 Å². The lowest BCUT2D eigenvalue weighted by Gasteiger charge is -2.21. The molecule has 0 spiro atoms. The molecule has 1 saturated heterocycles. The first-order chi connectivity index (χ1) is 12.9. The van der Waals surface area contributed by atoms with Crippen molar-refractivity contribution in [3.63, 3.8) is 0 Å². The number of methoxy groups -OCH3 is 2. The number of benzene rings is 2. The van der Waals surface area contributed by atoms with Gasteiger partial charge in [-0.1, -0.05) is 12.1 Å². The molecule has 0 aromatic heterocycles. The Kier molecular flexibility index (Phi) is 4.72. The van der Waals surface area contributed by atoms with Crippen molar-refractivity contribution in [3.05, 3.63) is 53.6 Å². The van der Waals surface area contributed by atoms with Gasteiger partial charge in [0.1, 0.15) is 11.3 Å². The van der Waals surface area contributed by atoms with Crippen LogP contribution in [0.5, 0.6) is 17.2 Å². The van der Waals surface area contributed by atoms with E-state index >= 15 is 0 Å². The predicted octanol–water partition coefficient (Wildman–Crippen LogP) is 2.21. The molecule has 2 aromatic carbocycles. The summed E-state index contributed by atoms with van der Waals surface area (Å²) < 4.78 is 10.1. The van der Waals surface area contributed by atoms with Gasteiger partial charge in [0.2, 0.25) is 0 Å². The molecule has 3 rings (SSSR count). The first-order valence-electron chi connectivity index (χ1n) is 8.11. The van der Waals surface area contributed by atoms with Gasteiger partial charge in [-0.3, -0.25) is 4.79 Å². The van der Waals surface area contributed by atoms with Crippen molar-refractivity contribution in [2.45, 2.75) is 12.5 Å². The molecule has 0 radical (unpaired) electrons. The van der Waals surface area contributed by atoms with Crippen LogP contribution in [-0.2, 0) is 10.3 Å². The molecular weight excluding hydrogens is 350 g/mol. The molecule has 2 N–H and O–H groups in total. The highest BCUT2D eigenvalue weighted by molar-refractivity contribution is 6.07. The normalized spacial score (nSPS) is 19.4. The monoisotopic (exact) mass is 369 g/mol. The summed E-state index contributed by atoms with van der Waals surface area (Å²) in [6.07, 6.45) is 1.35. The van der Waals surface area contributed by atoms with Crippen molar-refractivity contribution in [2.24, 2.45) is 5.10 Å². The van der Waals surface area contributed by atoms with Gasteiger partial charge in [-0.25, -0.2) is 4.79 Å². The number of nitrogens with zero attached hydrogens (tertiary/aromatic N) is 2. The average molecular weight is 369 g/mol. The van der Waals surface area contributed by atoms with Gasteiger partial charge in [0, 0.05) is 0 Å². The number of urea groups is 1. The Morgan fingerprint density at radius 1 is 1.11 bits per heavy atom. The second-order valence-corrected chi connectivity index (χ2v) is 6.08. The molecule has 140 valence electrons. The number of hydrogen-bond acceptors (Lipinski definition) is 6. The summed E-state index contributed by atoms with van der Waals surface area (Å²) in [5, 5.41) is 17.1. The van der Waals surface area contributed by atoms with Crippen molar-refractivity contribution in [1.82, 2.24) is 10.3 Å². The third kappa shape index (κ3) is 3.29. The van der Waals surface area contributed by atoms with Crippen LogP contribution < -0.4 is 14.8 Å². The number of phenolic OH excluding ortho intramolecular Hbond substituents is 1. The molecule has 3 amide bonds. The highest BCUT2D eigenvalue weighted by Crippen LogP contribution is 2.30. The summed E-state index contributed by atoms with van der Waals surface area (Å²) in [4.78, 5) is 25.1. The largest absolute Gasteiger partial charge is 0.504 e. The predicted molar refractivity (Wildman–Crippen MR) is 98.0 cm³/mol. The Hall–Kier alpha value is -3.55. The number of hydrogen-bond donors (Lipinski definition) is 2. The molecule has 27 heavy (non-hydrogen) atoms. The lowest BCUT2D eigenvalue weighted by atomic mass is 9.92. The molecule has 8 nitrogen and oxygen atoms in total. The highest BCUT2D eigenvalue weighted by atomic mass is 16.5. The molecule has 1 unspecified atom stereocenters. The summed E-state index contributed by atoms with van der Waals surface area (Å²) >= 11 is 0. The van der Waals surface area contributed by atoms with E-state index in [4.69, 9.17) is 9.47 Å². The minimum Gasteiger partial charge on any atom is -0.504 e. The SMILES string of the molecule is COc1ccc(C2(C)NC(=O)N(/N=C/c3ccc(O)c(OC)c3)C2=O)cc1. The summed E-state index contributed by atoms with van der Waals surface area (Å²) in [7, 11) is 2.97. The Morgan fingerprint density at radius 2 is 1.81 bits per heavy atom. The third-order valence-electron chi connectivity index (χ3n) is 4.36. The molecular formula is C19H19N3O5. The van der Waals surface area contributed by atoms with E-state index in [9.17, 15) is 14.7 Å². The fourth-order valence-corrected chi connectivity index (χ4v) is 2.75. The third-order valence-corrected chi connectivity index (χ3v) is 4.36. The number of ether oxygens (including phenoxy) is 2. The Bertz CT molecular complexity index is 910. The minimum atomic E-state index is -1.23. The fourth-order valence-electron chi connectivity index (χ4n) is 2.75. The second-order valence-electron chi connectivity index (χ2n) is 6.08. The van der Waals surface area contributed by atoms with Gasteiger partial charge in [-0.05, 0) is 48.4 Å². The van der Waals surface area contributed by atoms with Gasteiger partial charge in [-0.15, -0.1) is 5.01 Å². The van der Waals surface area contributed by atoms with E-state index in [1.165, 1.54) is 19.4 Å². The lowest BCUT2D eigenvalue weighted by molar-refractivity contribution is -0.131. The van der Waals surface area contributed by atoms with Crippen molar-refractivity contribution >= 4 is 18.2 Å². The number of aromatic hydroxyl groups is 1. The van der Waals surface area contributed by atoms with Crippen molar-refractivity contribution in [1.29, 1.82) is 0 Å². The van der Waals surface area contributed by atoms with Gasteiger partial charge in [0.15, 0.2) is 11.5 Å². The molecule has 0 aliphatic carbocycles. The molecule has 1 atom stereocenters. The standard InChI is InChI=1S/C19H19N3O5/c1-19(13-5-7-14(26-2)8-6-13)17(24)22(18(25)21-19)20-11-12-4-9-15(23)16(10-12)27-3/h4-11,23H,1-3H3,(H,21,25)/b20-11+. The van der Waals surface area contributed by atoms with E-state index in [-0.39, 0.29) is 11.5 Å². The van der Waals surface area contributed by atoms with Gasteiger partial charge in [0.25, 0.3) is 5.91 Å². The zero-order valence-corrected chi connectivity index (χ0v) is 15.1. The zero-order chi connectivity index (χ0) is 19.6. The van der Waals surface area contributed by atoms with Gasteiger partial charge in [-0.2, -0.15) is 5.10 Å². The molecule has 0 bridgehead atoms. The van der Waals surface area contributed by atoms with E-state index in [0.29, 0.717) is 16.9 Å². The van der Waals surface area contributed by atoms with Crippen molar-refractivity contribution in [2.75, 3.05) is 14.2 Å². The first-order valence-corrected chi connectivity index (χ1v) is 8.11. The van der Waals surface area contributed by atoms with E-state index in [0.717, 1.165) is 5.01 Å². The molecule has 1 aliphatic heterocycles. The number of nitrogens with one attached hydrogen (secondary N) is 1. The molecule has 0 saturated carbocycles. The number of rotatable bonds is 5. The Morgan fingerprint density at radius 3 is 2.44 bits per heavy atom. The summed E-state index contributed by atoms with van der Waals surface area (Å²) in [6.45, 7) is 1.62. The maximum atomic E-state index is 12.8. The Labute approximate surface area is 156 Å². The molecule has 2 aromatic rings. The fraction of sp³-hybridized carbons (Fsp3) is 0.211. The number of hydrazone groups is 1. The van der Waals surface area contributed by atoms with Gasteiger partial charge >= 0.3 is 6.03 Å². The van der Waals surface area contributed by atoms with Crippen LogP contribution in [0.4, 0.5) is 4.79 Å². The van der Waals surface area contributed by atoms with Crippen LogP contribution in [0, 0.1) is 0 Å². The molecule has 8 heteroatoms. The van der Waals surface area contributed by atoms with Crippen LogP contribution >= 0.6 is 0 Å². The number of amides is 3. The maximum Gasteiger partial charge on any atom is 0.346 e. The summed E-state index contributed by atoms with van der Waals surface area (Å²) in [6, 6.07) is 10.8. The zero-order valence-electron chi connectivity index (χ0n) is 15.1. The van der Waals surface area contributed by atoms with Crippen LogP contribution in [0.15, 0.2) is 47.6 Å². The minimum absolute atomic E-state index is 0.0169. The van der Waals surface area contributed by atoms with Gasteiger partial charge < -0.3 is 19.9 Å². The number of carbonyl (C=O) groups excluding carboxylic acids is 2.